The van der Waals surface area contributed by atoms with Crippen LogP contribution in [0, 0.1) is 11.6 Å². The number of ether oxygens (including phenoxy) is 2. The Morgan fingerprint density at radius 2 is 1.94 bits per heavy atom. The SMILES string of the molecule is CC(C)(O)Cc1cc2nc(N3CCC(Oc4ccc(F)cc4F)CC3)c(NC3CCOC3)nc2cn1. The van der Waals surface area contributed by atoms with Gasteiger partial charge in [0.15, 0.2) is 23.2 Å². The van der Waals surface area contributed by atoms with Crippen molar-refractivity contribution in [2.75, 3.05) is 36.5 Å². The number of aromatic nitrogens is 3. The number of piperidine rings is 1. The van der Waals surface area contributed by atoms with Crippen LogP contribution < -0.4 is 15.0 Å². The lowest BCUT2D eigenvalue weighted by Crippen LogP contribution is -2.39. The van der Waals surface area contributed by atoms with Crippen LogP contribution in [0.3, 0.4) is 0 Å². The monoisotopic (exact) mass is 499 g/mol. The summed E-state index contributed by atoms with van der Waals surface area (Å²) in [4.78, 5) is 16.4. The van der Waals surface area contributed by atoms with Crippen LogP contribution in [0.5, 0.6) is 5.75 Å². The maximum absolute atomic E-state index is 14.0. The standard InChI is InChI=1S/C26H31F2N5O3/c1-26(2,34)13-18-12-21-22(14-29-18)31-24(30-17-7-10-35-15-17)25(32-21)33-8-5-19(6-9-33)36-23-4-3-16(27)11-20(23)28/h3-4,11-12,14,17,19,34H,5-10,13,15H2,1-2H3,(H,30,31). The van der Waals surface area contributed by atoms with Crippen molar-refractivity contribution in [1.82, 2.24) is 15.0 Å². The van der Waals surface area contributed by atoms with Gasteiger partial charge in [0.2, 0.25) is 0 Å². The third-order valence-electron chi connectivity index (χ3n) is 6.40. The van der Waals surface area contributed by atoms with Gasteiger partial charge in [-0.25, -0.2) is 18.7 Å². The molecule has 2 N–H and O–H groups in total. The van der Waals surface area contributed by atoms with E-state index >= 15 is 0 Å². The second-order valence-electron chi connectivity index (χ2n) is 10.1. The molecule has 2 aromatic heterocycles. The van der Waals surface area contributed by atoms with Gasteiger partial charge in [0.25, 0.3) is 0 Å². The molecule has 192 valence electrons. The number of hydrogen-bond donors (Lipinski definition) is 2. The van der Waals surface area contributed by atoms with Gasteiger partial charge < -0.3 is 24.8 Å². The zero-order valence-electron chi connectivity index (χ0n) is 20.5. The number of pyridine rings is 1. The van der Waals surface area contributed by atoms with Crippen LogP contribution in [-0.2, 0) is 11.2 Å². The first-order chi connectivity index (χ1) is 17.2. The molecule has 2 fully saturated rings. The summed E-state index contributed by atoms with van der Waals surface area (Å²) in [6.07, 6.45) is 4.12. The number of nitrogens with zero attached hydrogens (tertiary/aromatic N) is 4. The van der Waals surface area contributed by atoms with E-state index in [1.165, 1.54) is 12.1 Å². The van der Waals surface area contributed by atoms with Crippen molar-refractivity contribution in [3.8, 4) is 5.75 Å². The first-order valence-corrected chi connectivity index (χ1v) is 12.3. The zero-order chi connectivity index (χ0) is 25.3. The molecule has 8 nitrogen and oxygen atoms in total. The van der Waals surface area contributed by atoms with Crippen LogP contribution in [0.15, 0.2) is 30.5 Å². The minimum absolute atomic E-state index is 0.0655. The molecule has 10 heteroatoms. The Morgan fingerprint density at radius 3 is 2.64 bits per heavy atom. The molecule has 0 aliphatic carbocycles. The molecule has 1 atom stereocenters. The van der Waals surface area contributed by atoms with Gasteiger partial charge in [0, 0.05) is 50.7 Å². The normalized spacial score (nSPS) is 19.1. The van der Waals surface area contributed by atoms with E-state index in [-0.39, 0.29) is 17.9 Å². The summed E-state index contributed by atoms with van der Waals surface area (Å²) in [5.41, 5.74) is 1.24. The number of aliphatic hydroxyl groups is 1. The van der Waals surface area contributed by atoms with E-state index in [2.05, 4.69) is 15.2 Å². The van der Waals surface area contributed by atoms with Crippen LogP contribution in [0.4, 0.5) is 20.4 Å². The van der Waals surface area contributed by atoms with Crippen LogP contribution in [0.25, 0.3) is 11.0 Å². The van der Waals surface area contributed by atoms with Gasteiger partial charge in [-0.05, 0) is 38.5 Å². The molecule has 0 saturated carbocycles. The van der Waals surface area contributed by atoms with Crippen molar-refractivity contribution in [2.45, 2.75) is 57.3 Å². The van der Waals surface area contributed by atoms with E-state index in [1.54, 1.807) is 20.0 Å². The Hall–Kier alpha value is -3.11. The Morgan fingerprint density at radius 1 is 1.14 bits per heavy atom. The molecular formula is C26H31F2N5O3. The molecule has 36 heavy (non-hydrogen) atoms. The summed E-state index contributed by atoms with van der Waals surface area (Å²) in [6, 6.07) is 5.39. The zero-order valence-corrected chi connectivity index (χ0v) is 20.5. The number of nitrogens with one attached hydrogen (secondary N) is 1. The molecule has 1 unspecified atom stereocenters. The Balaban J connectivity index is 1.37. The molecule has 2 aliphatic rings. The van der Waals surface area contributed by atoms with E-state index < -0.39 is 17.2 Å². The maximum atomic E-state index is 14.0. The number of halogens is 2. The van der Waals surface area contributed by atoms with Crippen LogP contribution in [0.1, 0.15) is 38.8 Å². The summed E-state index contributed by atoms with van der Waals surface area (Å²) in [5.74, 6) is 0.160. The predicted molar refractivity (Wildman–Crippen MR) is 132 cm³/mol. The van der Waals surface area contributed by atoms with Gasteiger partial charge in [-0.1, -0.05) is 0 Å². The second-order valence-corrected chi connectivity index (χ2v) is 10.1. The quantitative estimate of drug-likeness (QED) is 0.506. The molecule has 3 aromatic rings. The van der Waals surface area contributed by atoms with Gasteiger partial charge in [0.05, 0.1) is 30.0 Å². The van der Waals surface area contributed by atoms with Gasteiger partial charge in [-0.15, -0.1) is 0 Å². The summed E-state index contributed by atoms with van der Waals surface area (Å²) in [7, 11) is 0. The van der Waals surface area contributed by atoms with Crippen molar-refractivity contribution in [3.05, 3.63) is 47.8 Å². The van der Waals surface area contributed by atoms with E-state index in [0.29, 0.717) is 62.4 Å². The summed E-state index contributed by atoms with van der Waals surface area (Å²) >= 11 is 0. The van der Waals surface area contributed by atoms with E-state index in [9.17, 15) is 13.9 Å². The smallest absolute Gasteiger partial charge is 0.172 e. The van der Waals surface area contributed by atoms with Crippen LogP contribution in [0.2, 0.25) is 0 Å². The fraction of sp³-hybridized carbons (Fsp3) is 0.500. The van der Waals surface area contributed by atoms with E-state index in [1.807, 2.05) is 6.07 Å². The van der Waals surface area contributed by atoms with E-state index in [0.717, 1.165) is 24.0 Å². The summed E-state index contributed by atoms with van der Waals surface area (Å²) in [5, 5.41) is 13.7. The molecular weight excluding hydrogens is 468 g/mol. The highest BCUT2D eigenvalue weighted by atomic mass is 19.1. The second kappa shape index (κ2) is 10.1. The molecule has 1 aromatic carbocycles. The molecule has 4 heterocycles. The first kappa shape index (κ1) is 24.6. The average molecular weight is 500 g/mol. The Labute approximate surface area is 208 Å². The van der Waals surface area contributed by atoms with Gasteiger partial charge >= 0.3 is 0 Å². The van der Waals surface area contributed by atoms with E-state index in [4.69, 9.17) is 19.4 Å². The third kappa shape index (κ3) is 5.82. The molecule has 0 amide bonds. The topological polar surface area (TPSA) is 92.6 Å². The van der Waals surface area contributed by atoms with Crippen molar-refractivity contribution in [3.63, 3.8) is 0 Å². The van der Waals surface area contributed by atoms with Gasteiger partial charge in [-0.3, -0.25) is 4.98 Å². The van der Waals surface area contributed by atoms with Crippen LogP contribution >= 0.6 is 0 Å². The van der Waals surface area contributed by atoms with Crippen molar-refractivity contribution in [2.24, 2.45) is 0 Å². The molecule has 2 saturated heterocycles. The number of fused-ring (bicyclic) bond motifs is 1. The number of hydrogen-bond acceptors (Lipinski definition) is 8. The Bertz CT molecular complexity index is 1220. The molecule has 0 spiro atoms. The largest absolute Gasteiger partial charge is 0.487 e. The fourth-order valence-electron chi connectivity index (χ4n) is 4.63. The molecule has 2 aliphatic heterocycles. The fourth-order valence-corrected chi connectivity index (χ4v) is 4.63. The highest BCUT2D eigenvalue weighted by Gasteiger charge is 2.27. The van der Waals surface area contributed by atoms with Crippen LogP contribution in [-0.4, -0.2) is 64.1 Å². The lowest BCUT2D eigenvalue weighted by molar-refractivity contribution is 0.0800. The Kier molecular flexibility index (Phi) is 6.90. The minimum atomic E-state index is -0.882. The lowest BCUT2D eigenvalue weighted by Gasteiger charge is -2.34. The number of rotatable bonds is 7. The summed E-state index contributed by atoms with van der Waals surface area (Å²) < 4.78 is 38.6. The first-order valence-electron chi connectivity index (χ1n) is 12.3. The number of anilines is 2. The van der Waals surface area contributed by atoms with Crippen molar-refractivity contribution in [1.29, 1.82) is 0 Å². The summed E-state index contributed by atoms with van der Waals surface area (Å²) in [6.45, 7) is 6.10. The molecule has 0 radical (unpaired) electrons. The average Bonchev–Trinajstić information content (AvgIpc) is 3.33. The minimum Gasteiger partial charge on any atom is -0.487 e. The lowest BCUT2D eigenvalue weighted by atomic mass is 10.0. The molecule has 0 bridgehead atoms. The van der Waals surface area contributed by atoms with Gasteiger partial charge in [0.1, 0.15) is 17.4 Å². The predicted octanol–water partition coefficient (Wildman–Crippen LogP) is 3.87. The van der Waals surface area contributed by atoms with Crippen molar-refractivity contribution >= 4 is 22.7 Å². The molecule has 5 rings (SSSR count). The number of benzene rings is 1. The highest BCUT2D eigenvalue weighted by molar-refractivity contribution is 5.80. The highest BCUT2D eigenvalue weighted by Crippen LogP contribution is 2.31. The third-order valence-corrected chi connectivity index (χ3v) is 6.40. The van der Waals surface area contributed by atoms with Gasteiger partial charge in [-0.2, -0.15) is 0 Å². The maximum Gasteiger partial charge on any atom is 0.172 e. The van der Waals surface area contributed by atoms with Crippen molar-refractivity contribution < 1.29 is 23.4 Å².